The zero-order chi connectivity index (χ0) is 18.4. The van der Waals surface area contributed by atoms with Crippen molar-refractivity contribution >= 4 is 16.9 Å². The highest BCUT2D eigenvalue weighted by Gasteiger charge is 2.33. The van der Waals surface area contributed by atoms with Crippen molar-refractivity contribution in [1.82, 2.24) is 34.6 Å². The number of aromatic amines is 1. The SMILES string of the molecule is Cn1cc(C2CN(C(=O)c3cnc4ccccc4n3)Cc3[nH]cnc32)cn1. The maximum atomic E-state index is 13.1. The van der Waals surface area contributed by atoms with Gasteiger partial charge in [-0.25, -0.2) is 9.97 Å². The van der Waals surface area contributed by atoms with Gasteiger partial charge in [-0.3, -0.25) is 14.5 Å². The predicted molar refractivity (Wildman–Crippen MR) is 97.9 cm³/mol. The van der Waals surface area contributed by atoms with E-state index in [0.717, 1.165) is 22.5 Å². The zero-order valence-electron chi connectivity index (χ0n) is 14.7. The highest BCUT2D eigenvalue weighted by atomic mass is 16.2. The molecule has 3 aromatic heterocycles. The number of hydrogen-bond donors (Lipinski definition) is 1. The van der Waals surface area contributed by atoms with Gasteiger partial charge in [-0.1, -0.05) is 12.1 Å². The number of hydrogen-bond acceptors (Lipinski definition) is 5. The van der Waals surface area contributed by atoms with Gasteiger partial charge in [-0.15, -0.1) is 0 Å². The maximum absolute atomic E-state index is 13.1. The number of amides is 1. The fourth-order valence-corrected chi connectivity index (χ4v) is 3.58. The van der Waals surface area contributed by atoms with Crippen LogP contribution in [0.5, 0.6) is 0 Å². The van der Waals surface area contributed by atoms with Crippen molar-refractivity contribution in [2.45, 2.75) is 12.5 Å². The molecule has 0 aliphatic carbocycles. The number of aromatic nitrogens is 6. The number of rotatable bonds is 2. The highest BCUT2D eigenvalue weighted by molar-refractivity contribution is 5.94. The number of carbonyl (C=O) groups excluding carboxylic acids is 1. The van der Waals surface area contributed by atoms with Crippen LogP contribution in [0.3, 0.4) is 0 Å². The second-order valence-corrected chi connectivity index (χ2v) is 6.70. The Morgan fingerprint density at radius 3 is 2.85 bits per heavy atom. The van der Waals surface area contributed by atoms with Gasteiger partial charge in [-0.2, -0.15) is 5.10 Å². The molecule has 4 aromatic rings. The third kappa shape index (κ3) is 2.66. The van der Waals surface area contributed by atoms with Gasteiger partial charge < -0.3 is 9.88 Å². The Kier molecular flexibility index (Phi) is 3.49. The van der Waals surface area contributed by atoms with E-state index in [0.29, 0.717) is 24.3 Å². The Morgan fingerprint density at radius 2 is 2.04 bits per heavy atom. The summed E-state index contributed by atoms with van der Waals surface area (Å²) < 4.78 is 1.76. The normalized spacial score (nSPS) is 16.5. The summed E-state index contributed by atoms with van der Waals surface area (Å²) in [5.41, 5.74) is 4.78. The maximum Gasteiger partial charge on any atom is 0.274 e. The molecule has 1 atom stereocenters. The molecule has 0 bridgehead atoms. The first-order valence-electron chi connectivity index (χ1n) is 8.71. The smallest absolute Gasteiger partial charge is 0.274 e. The molecule has 1 amide bonds. The molecular weight excluding hydrogens is 342 g/mol. The molecule has 0 saturated carbocycles. The van der Waals surface area contributed by atoms with Gasteiger partial charge >= 0.3 is 0 Å². The molecule has 8 heteroatoms. The minimum Gasteiger partial charge on any atom is -0.347 e. The zero-order valence-corrected chi connectivity index (χ0v) is 14.7. The van der Waals surface area contributed by atoms with Crippen molar-refractivity contribution in [3.8, 4) is 0 Å². The lowest BCUT2D eigenvalue weighted by Gasteiger charge is -2.31. The molecule has 1 unspecified atom stereocenters. The molecule has 1 N–H and O–H groups in total. The molecule has 27 heavy (non-hydrogen) atoms. The van der Waals surface area contributed by atoms with Crippen LogP contribution in [0.15, 0.2) is 49.2 Å². The topological polar surface area (TPSA) is 92.6 Å². The second-order valence-electron chi connectivity index (χ2n) is 6.70. The van der Waals surface area contributed by atoms with Crippen LogP contribution in [0.1, 0.15) is 33.4 Å². The van der Waals surface area contributed by atoms with Gasteiger partial charge in [0.2, 0.25) is 0 Å². The number of carbonyl (C=O) groups is 1. The minimum absolute atomic E-state index is 0.0222. The highest BCUT2D eigenvalue weighted by Crippen LogP contribution is 2.31. The predicted octanol–water partition coefficient (Wildman–Crippen LogP) is 1.87. The van der Waals surface area contributed by atoms with E-state index in [2.05, 4.69) is 25.0 Å². The van der Waals surface area contributed by atoms with Crippen molar-refractivity contribution in [2.24, 2.45) is 7.05 Å². The Hall–Kier alpha value is -3.55. The van der Waals surface area contributed by atoms with Crippen LogP contribution in [0.2, 0.25) is 0 Å². The van der Waals surface area contributed by atoms with Crippen LogP contribution in [0.4, 0.5) is 0 Å². The summed E-state index contributed by atoms with van der Waals surface area (Å²) in [7, 11) is 1.88. The molecule has 5 rings (SSSR count). The summed E-state index contributed by atoms with van der Waals surface area (Å²) in [6.45, 7) is 0.996. The first-order valence-corrected chi connectivity index (χ1v) is 8.71. The molecule has 0 radical (unpaired) electrons. The first kappa shape index (κ1) is 15.7. The number of benzene rings is 1. The summed E-state index contributed by atoms with van der Waals surface area (Å²) in [5, 5.41) is 4.26. The fourth-order valence-electron chi connectivity index (χ4n) is 3.58. The van der Waals surface area contributed by atoms with Crippen molar-refractivity contribution in [2.75, 3.05) is 6.54 Å². The van der Waals surface area contributed by atoms with Crippen LogP contribution in [-0.2, 0) is 13.6 Å². The van der Waals surface area contributed by atoms with E-state index >= 15 is 0 Å². The van der Waals surface area contributed by atoms with E-state index in [1.54, 1.807) is 22.1 Å². The summed E-state index contributed by atoms with van der Waals surface area (Å²) >= 11 is 0. The molecule has 0 saturated heterocycles. The van der Waals surface area contributed by atoms with E-state index in [4.69, 9.17) is 0 Å². The Morgan fingerprint density at radius 1 is 1.19 bits per heavy atom. The molecule has 0 fully saturated rings. The van der Waals surface area contributed by atoms with Crippen LogP contribution in [0, 0.1) is 0 Å². The molecule has 8 nitrogen and oxygen atoms in total. The molecule has 1 aliphatic rings. The van der Waals surface area contributed by atoms with E-state index in [1.807, 2.05) is 43.7 Å². The number of nitrogens with one attached hydrogen (secondary N) is 1. The first-order chi connectivity index (χ1) is 13.2. The number of imidazole rings is 1. The third-order valence-corrected chi connectivity index (χ3v) is 4.92. The molecular formula is C19H17N7O. The molecule has 1 aliphatic heterocycles. The van der Waals surface area contributed by atoms with Crippen molar-refractivity contribution < 1.29 is 4.79 Å². The Bertz CT molecular complexity index is 1150. The summed E-state index contributed by atoms with van der Waals surface area (Å²) in [4.78, 5) is 31.4. The fraction of sp³-hybridized carbons (Fsp3) is 0.211. The molecule has 134 valence electrons. The van der Waals surface area contributed by atoms with Crippen LogP contribution in [-0.4, -0.2) is 47.1 Å². The minimum atomic E-state index is -0.137. The lowest BCUT2D eigenvalue weighted by Crippen LogP contribution is -2.39. The third-order valence-electron chi connectivity index (χ3n) is 4.92. The summed E-state index contributed by atoms with van der Waals surface area (Å²) in [5.74, 6) is -0.159. The standard InChI is InChI=1S/C19H17N7O/c1-25-8-12(6-23-25)13-9-26(10-17-18(13)22-11-21-17)19(27)16-7-20-14-4-2-3-5-15(14)24-16/h2-8,11,13H,9-10H2,1H3,(H,21,22). The van der Waals surface area contributed by atoms with Crippen LogP contribution in [0.25, 0.3) is 11.0 Å². The lowest BCUT2D eigenvalue weighted by molar-refractivity contribution is 0.0716. The van der Waals surface area contributed by atoms with Gasteiger partial charge in [0, 0.05) is 31.3 Å². The second kappa shape index (κ2) is 6.01. The van der Waals surface area contributed by atoms with Gasteiger partial charge in [-0.05, 0) is 12.1 Å². The number of para-hydroxylation sites is 2. The summed E-state index contributed by atoms with van der Waals surface area (Å²) in [6, 6.07) is 7.54. The Labute approximate surface area is 154 Å². The Balaban J connectivity index is 1.50. The van der Waals surface area contributed by atoms with E-state index in [1.165, 1.54) is 0 Å². The number of aryl methyl sites for hydroxylation is 1. The largest absolute Gasteiger partial charge is 0.347 e. The van der Waals surface area contributed by atoms with Gasteiger partial charge in [0.05, 0.1) is 47.7 Å². The monoisotopic (exact) mass is 359 g/mol. The quantitative estimate of drug-likeness (QED) is 0.590. The van der Waals surface area contributed by atoms with E-state index < -0.39 is 0 Å². The number of H-pyrrole nitrogens is 1. The molecule has 1 aromatic carbocycles. The van der Waals surface area contributed by atoms with Crippen LogP contribution < -0.4 is 0 Å². The average molecular weight is 359 g/mol. The van der Waals surface area contributed by atoms with Crippen molar-refractivity contribution in [3.05, 3.63) is 71.8 Å². The van der Waals surface area contributed by atoms with Crippen LogP contribution >= 0.6 is 0 Å². The number of nitrogens with zero attached hydrogens (tertiary/aromatic N) is 6. The lowest BCUT2D eigenvalue weighted by atomic mass is 9.93. The molecule has 0 spiro atoms. The van der Waals surface area contributed by atoms with Gasteiger partial charge in [0.1, 0.15) is 5.69 Å². The molecule has 4 heterocycles. The summed E-state index contributed by atoms with van der Waals surface area (Å²) in [6.07, 6.45) is 7.02. The van der Waals surface area contributed by atoms with E-state index in [9.17, 15) is 4.79 Å². The van der Waals surface area contributed by atoms with Gasteiger partial charge in [0.25, 0.3) is 5.91 Å². The number of fused-ring (bicyclic) bond motifs is 2. The van der Waals surface area contributed by atoms with Gasteiger partial charge in [0.15, 0.2) is 0 Å². The van der Waals surface area contributed by atoms with E-state index in [-0.39, 0.29) is 11.8 Å². The van der Waals surface area contributed by atoms with Crippen molar-refractivity contribution in [1.29, 1.82) is 0 Å². The average Bonchev–Trinajstić information content (AvgIpc) is 3.35. The van der Waals surface area contributed by atoms with Crippen molar-refractivity contribution in [3.63, 3.8) is 0 Å².